The molecule has 2 rings (SSSR count). The van der Waals surface area contributed by atoms with Crippen LogP contribution >= 0.6 is 0 Å². The summed E-state index contributed by atoms with van der Waals surface area (Å²) in [6.45, 7) is 4.16. The molecule has 3 nitrogen and oxygen atoms in total. The maximum Gasteiger partial charge on any atom is 0.128 e. The average molecular weight is 272 g/mol. The van der Waals surface area contributed by atoms with E-state index in [0.717, 1.165) is 35.8 Å². The van der Waals surface area contributed by atoms with Crippen LogP contribution in [-0.4, -0.2) is 37.2 Å². The summed E-state index contributed by atoms with van der Waals surface area (Å²) in [7, 11) is 4.08. The third-order valence-corrected chi connectivity index (χ3v) is 3.98. The molecular formula is C17H24N2O. The van der Waals surface area contributed by atoms with Crippen LogP contribution in [0.25, 0.3) is 10.8 Å². The molecule has 2 aromatic carbocycles. The van der Waals surface area contributed by atoms with Gasteiger partial charge in [-0.05, 0) is 45.9 Å². The Balaban J connectivity index is 2.21. The van der Waals surface area contributed by atoms with Crippen LogP contribution in [-0.2, 0) is 0 Å². The van der Waals surface area contributed by atoms with Crippen LogP contribution in [0.2, 0.25) is 0 Å². The fraction of sp³-hybridized carbons (Fsp3) is 0.412. The van der Waals surface area contributed by atoms with Gasteiger partial charge in [0, 0.05) is 17.0 Å². The molecule has 0 saturated carbocycles. The average Bonchev–Trinajstić information content (AvgIpc) is 2.47. The van der Waals surface area contributed by atoms with E-state index in [1.807, 2.05) is 37.4 Å². The van der Waals surface area contributed by atoms with Crippen molar-refractivity contribution in [3.63, 3.8) is 0 Å². The van der Waals surface area contributed by atoms with Crippen molar-refractivity contribution in [3.8, 4) is 5.75 Å². The van der Waals surface area contributed by atoms with E-state index in [4.69, 9.17) is 0 Å². The van der Waals surface area contributed by atoms with Crippen molar-refractivity contribution in [3.05, 3.63) is 42.0 Å². The van der Waals surface area contributed by atoms with Crippen LogP contribution in [0, 0.1) is 0 Å². The number of phenols is 1. The monoisotopic (exact) mass is 272 g/mol. The number of rotatable bonds is 6. The SMILES string of the molecule is CNCCCN(C)C(C)c1ccc2ccccc2c1O. The highest BCUT2D eigenvalue weighted by Gasteiger charge is 2.16. The van der Waals surface area contributed by atoms with Crippen molar-refractivity contribution in [2.75, 3.05) is 27.2 Å². The Kier molecular flexibility index (Phi) is 4.99. The van der Waals surface area contributed by atoms with Gasteiger partial charge in [0.05, 0.1) is 0 Å². The molecule has 0 bridgehead atoms. The fourth-order valence-corrected chi connectivity index (χ4v) is 2.55. The standard InChI is InChI=1S/C17H24N2O/c1-13(19(3)12-6-11-18-2)15-10-9-14-7-4-5-8-16(14)17(15)20/h4-5,7-10,13,18,20H,6,11-12H2,1-3H3. The van der Waals surface area contributed by atoms with Gasteiger partial charge in [0.25, 0.3) is 0 Å². The lowest BCUT2D eigenvalue weighted by Crippen LogP contribution is -2.25. The van der Waals surface area contributed by atoms with E-state index in [2.05, 4.69) is 30.3 Å². The molecule has 1 unspecified atom stereocenters. The van der Waals surface area contributed by atoms with Crippen LogP contribution in [0.15, 0.2) is 36.4 Å². The quantitative estimate of drug-likeness (QED) is 0.793. The van der Waals surface area contributed by atoms with E-state index < -0.39 is 0 Å². The minimum Gasteiger partial charge on any atom is -0.507 e. The third-order valence-electron chi connectivity index (χ3n) is 3.98. The summed E-state index contributed by atoms with van der Waals surface area (Å²) in [4.78, 5) is 2.28. The topological polar surface area (TPSA) is 35.5 Å². The molecular weight excluding hydrogens is 248 g/mol. The number of nitrogens with one attached hydrogen (secondary N) is 1. The zero-order valence-corrected chi connectivity index (χ0v) is 12.6. The normalized spacial score (nSPS) is 13.0. The largest absolute Gasteiger partial charge is 0.507 e. The molecule has 3 heteroatoms. The molecule has 0 saturated heterocycles. The Bertz CT molecular complexity index is 568. The molecule has 108 valence electrons. The van der Waals surface area contributed by atoms with Gasteiger partial charge in [-0.15, -0.1) is 0 Å². The van der Waals surface area contributed by atoms with Crippen LogP contribution in [0.5, 0.6) is 5.75 Å². The van der Waals surface area contributed by atoms with Crippen LogP contribution in [0.3, 0.4) is 0 Å². The van der Waals surface area contributed by atoms with Crippen LogP contribution < -0.4 is 5.32 Å². The fourth-order valence-electron chi connectivity index (χ4n) is 2.55. The first kappa shape index (κ1) is 14.8. The summed E-state index contributed by atoms with van der Waals surface area (Å²) in [6, 6.07) is 12.3. The molecule has 0 amide bonds. The number of benzene rings is 2. The predicted molar refractivity (Wildman–Crippen MR) is 85.2 cm³/mol. The van der Waals surface area contributed by atoms with Crippen LogP contribution in [0.1, 0.15) is 24.9 Å². The Morgan fingerprint density at radius 1 is 1.20 bits per heavy atom. The van der Waals surface area contributed by atoms with E-state index in [9.17, 15) is 5.11 Å². The Morgan fingerprint density at radius 2 is 1.95 bits per heavy atom. The lowest BCUT2D eigenvalue weighted by molar-refractivity contribution is 0.253. The zero-order chi connectivity index (χ0) is 14.5. The number of aromatic hydroxyl groups is 1. The van der Waals surface area contributed by atoms with Gasteiger partial charge in [0.1, 0.15) is 5.75 Å². The second-order valence-corrected chi connectivity index (χ2v) is 5.34. The predicted octanol–water partition coefficient (Wildman–Crippen LogP) is 3.15. The van der Waals surface area contributed by atoms with Crippen molar-refractivity contribution in [2.24, 2.45) is 0 Å². The molecule has 2 N–H and O–H groups in total. The van der Waals surface area contributed by atoms with E-state index in [-0.39, 0.29) is 6.04 Å². The van der Waals surface area contributed by atoms with Crippen molar-refractivity contribution in [2.45, 2.75) is 19.4 Å². The molecule has 2 aromatic rings. The zero-order valence-electron chi connectivity index (χ0n) is 12.6. The molecule has 1 atom stereocenters. The maximum atomic E-state index is 10.5. The summed E-state index contributed by atoms with van der Waals surface area (Å²) in [5, 5.41) is 15.7. The maximum absolute atomic E-state index is 10.5. The van der Waals surface area contributed by atoms with Gasteiger partial charge in [-0.1, -0.05) is 36.4 Å². The molecule has 0 aliphatic heterocycles. The Hall–Kier alpha value is -1.58. The van der Waals surface area contributed by atoms with Crippen LogP contribution in [0.4, 0.5) is 0 Å². The van der Waals surface area contributed by atoms with E-state index in [1.54, 1.807) is 0 Å². The number of phenolic OH excluding ortho intramolecular Hbond substituents is 1. The number of fused-ring (bicyclic) bond motifs is 1. The van der Waals surface area contributed by atoms with Crippen molar-refractivity contribution >= 4 is 10.8 Å². The summed E-state index contributed by atoms with van der Waals surface area (Å²) in [6.07, 6.45) is 1.10. The molecule has 0 fully saturated rings. The highest BCUT2D eigenvalue weighted by Crippen LogP contribution is 2.34. The van der Waals surface area contributed by atoms with Gasteiger partial charge < -0.3 is 10.4 Å². The molecule has 0 heterocycles. The number of nitrogens with zero attached hydrogens (tertiary/aromatic N) is 1. The van der Waals surface area contributed by atoms with Gasteiger partial charge in [0.2, 0.25) is 0 Å². The minimum atomic E-state index is 0.205. The summed E-state index contributed by atoms with van der Waals surface area (Å²) in [5.41, 5.74) is 0.996. The van der Waals surface area contributed by atoms with Gasteiger partial charge >= 0.3 is 0 Å². The smallest absolute Gasteiger partial charge is 0.128 e. The van der Waals surface area contributed by atoms with Crippen molar-refractivity contribution in [1.82, 2.24) is 10.2 Å². The first-order chi connectivity index (χ1) is 9.65. The van der Waals surface area contributed by atoms with Gasteiger partial charge in [0.15, 0.2) is 0 Å². The van der Waals surface area contributed by atoms with Crippen molar-refractivity contribution in [1.29, 1.82) is 0 Å². The second-order valence-electron chi connectivity index (χ2n) is 5.34. The van der Waals surface area contributed by atoms with E-state index in [1.165, 1.54) is 0 Å². The Morgan fingerprint density at radius 3 is 2.70 bits per heavy atom. The molecule has 0 aliphatic carbocycles. The van der Waals surface area contributed by atoms with E-state index >= 15 is 0 Å². The third kappa shape index (κ3) is 3.11. The highest BCUT2D eigenvalue weighted by atomic mass is 16.3. The lowest BCUT2D eigenvalue weighted by atomic mass is 10.00. The summed E-state index contributed by atoms with van der Waals surface area (Å²) >= 11 is 0. The first-order valence-corrected chi connectivity index (χ1v) is 7.20. The van der Waals surface area contributed by atoms with Crippen molar-refractivity contribution < 1.29 is 5.11 Å². The lowest BCUT2D eigenvalue weighted by Gasteiger charge is -2.26. The molecule has 0 aliphatic rings. The van der Waals surface area contributed by atoms with Gasteiger partial charge in [-0.25, -0.2) is 0 Å². The van der Waals surface area contributed by atoms with E-state index in [0.29, 0.717) is 5.75 Å². The van der Waals surface area contributed by atoms with Gasteiger partial charge in [-0.3, -0.25) is 4.90 Å². The molecule has 0 aromatic heterocycles. The summed E-state index contributed by atoms with van der Waals surface area (Å²) < 4.78 is 0. The Labute approximate surface area is 121 Å². The molecule has 0 radical (unpaired) electrons. The molecule has 0 spiro atoms. The highest BCUT2D eigenvalue weighted by molar-refractivity contribution is 5.89. The number of hydrogen-bond acceptors (Lipinski definition) is 3. The second kappa shape index (κ2) is 6.73. The van der Waals surface area contributed by atoms with Gasteiger partial charge in [-0.2, -0.15) is 0 Å². The molecule has 20 heavy (non-hydrogen) atoms. The first-order valence-electron chi connectivity index (χ1n) is 7.20. The minimum absolute atomic E-state index is 0.205. The number of hydrogen-bond donors (Lipinski definition) is 2. The summed E-state index contributed by atoms with van der Waals surface area (Å²) in [5.74, 6) is 0.413.